The molecule has 0 bridgehead atoms. The van der Waals surface area contributed by atoms with Crippen LogP contribution in [-0.4, -0.2) is 45.7 Å². The molecule has 0 amide bonds. The fraction of sp³-hybridized carbons (Fsp3) is 0.381. The Morgan fingerprint density at radius 2 is 1.63 bits per heavy atom. The summed E-state index contributed by atoms with van der Waals surface area (Å²) in [6.07, 6.45) is 0.891. The van der Waals surface area contributed by atoms with E-state index in [0.29, 0.717) is 0 Å². The third-order valence-corrected chi connectivity index (χ3v) is 4.33. The van der Waals surface area contributed by atoms with Crippen LogP contribution in [0.2, 0.25) is 0 Å². The summed E-state index contributed by atoms with van der Waals surface area (Å²) in [7, 11) is 7.16. The van der Waals surface area contributed by atoms with E-state index < -0.39 is 0 Å². The van der Waals surface area contributed by atoms with Gasteiger partial charge < -0.3 is 19.7 Å². The smallest absolute Gasteiger partial charge is 0.193 e. The van der Waals surface area contributed by atoms with Gasteiger partial charge in [-0.15, -0.1) is 24.0 Å². The number of likely N-dealkylation sites (N-methyl/N-ethyl adjacent to an activating group) is 1. The van der Waals surface area contributed by atoms with E-state index in [4.69, 9.17) is 9.47 Å². The lowest BCUT2D eigenvalue weighted by Crippen LogP contribution is -2.39. The summed E-state index contributed by atoms with van der Waals surface area (Å²) in [6.45, 7) is 3.70. The molecule has 0 aliphatic heterocycles. The van der Waals surface area contributed by atoms with Gasteiger partial charge in [0.15, 0.2) is 17.5 Å². The first-order chi connectivity index (χ1) is 12.6. The number of methoxy groups -OCH3 is 2. The number of rotatable bonds is 7. The predicted octanol–water partition coefficient (Wildman–Crippen LogP) is 3.88. The van der Waals surface area contributed by atoms with E-state index in [1.807, 2.05) is 26.2 Å². The predicted molar refractivity (Wildman–Crippen MR) is 123 cm³/mol. The first-order valence-electron chi connectivity index (χ1n) is 8.75. The number of aliphatic imine (C=N–C) groups is 1. The summed E-state index contributed by atoms with van der Waals surface area (Å²) in [6, 6.07) is 14.6. The second-order valence-electron chi connectivity index (χ2n) is 6.25. The minimum Gasteiger partial charge on any atom is -0.493 e. The Kier molecular flexibility index (Phi) is 9.99. The Balaban J connectivity index is 0.00000364. The molecule has 0 atom stereocenters. The zero-order valence-electron chi connectivity index (χ0n) is 16.8. The number of nitrogens with one attached hydrogen (secondary N) is 1. The number of guanidine groups is 1. The molecule has 0 fully saturated rings. The number of aryl methyl sites for hydroxylation is 1. The summed E-state index contributed by atoms with van der Waals surface area (Å²) in [5.74, 6) is 2.39. The third-order valence-electron chi connectivity index (χ3n) is 4.33. The van der Waals surface area contributed by atoms with Crippen LogP contribution in [0.5, 0.6) is 11.5 Å². The fourth-order valence-electron chi connectivity index (χ4n) is 2.71. The normalized spacial score (nSPS) is 10.8. The van der Waals surface area contributed by atoms with Crippen LogP contribution in [0.1, 0.15) is 16.7 Å². The Labute approximate surface area is 179 Å². The maximum Gasteiger partial charge on any atom is 0.193 e. The molecule has 0 saturated carbocycles. The van der Waals surface area contributed by atoms with E-state index >= 15 is 0 Å². The maximum absolute atomic E-state index is 5.37. The van der Waals surface area contributed by atoms with Crippen molar-refractivity contribution in [2.75, 3.05) is 34.9 Å². The Morgan fingerprint density at radius 3 is 2.22 bits per heavy atom. The van der Waals surface area contributed by atoms with Gasteiger partial charge >= 0.3 is 0 Å². The van der Waals surface area contributed by atoms with E-state index in [1.165, 1.54) is 16.7 Å². The van der Waals surface area contributed by atoms with E-state index in [9.17, 15) is 0 Å². The topological polar surface area (TPSA) is 46.1 Å². The fourth-order valence-corrected chi connectivity index (χ4v) is 2.71. The molecule has 148 valence electrons. The van der Waals surface area contributed by atoms with Crippen LogP contribution in [0.15, 0.2) is 47.5 Å². The minimum atomic E-state index is 0. The molecule has 0 aliphatic carbocycles. The zero-order chi connectivity index (χ0) is 18.9. The van der Waals surface area contributed by atoms with Gasteiger partial charge in [0.1, 0.15) is 0 Å². The maximum atomic E-state index is 5.37. The van der Waals surface area contributed by atoms with Gasteiger partial charge in [0.2, 0.25) is 0 Å². The van der Waals surface area contributed by atoms with Crippen molar-refractivity contribution in [3.8, 4) is 11.5 Å². The van der Waals surface area contributed by atoms with Gasteiger partial charge in [-0.1, -0.05) is 35.9 Å². The number of benzene rings is 2. The van der Waals surface area contributed by atoms with Gasteiger partial charge in [0.05, 0.1) is 14.2 Å². The Morgan fingerprint density at radius 1 is 1.00 bits per heavy atom. The number of hydrogen-bond donors (Lipinski definition) is 1. The van der Waals surface area contributed by atoms with Crippen molar-refractivity contribution in [2.45, 2.75) is 19.9 Å². The lowest BCUT2D eigenvalue weighted by atomic mass is 10.1. The zero-order valence-corrected chi connectivity index (χ0v) is 19.1. The molecule has 2 aromatic carbocycles. The molecule has 6 heteroatoms. The van der Waals surface area contributed by atoms with Crippen LogP contribution in [0.25, 0.3) is 0 Å². The first-order valence-corrected chi connectivity index (χ1v) is 8.75. The SMILES string of the molecule is CN=C(NCc1ccc(C)cc1)N(C)CCc1ccc(OC)c(OC)c1.I. The molecular formula is C21H30IN3O2. The lowest BCUT2D eigenvalue weighted by molar-refractivity contribution is 0.354. The van der Waals surface area contributed by atoms with Gasteiger partial charge in [-0.25, -0.2) is 0 Å². The van der Waals surface area contributed by atoms with Crippen molar-refractivity contribution in [3.63, 3.8) is 0 Å². The third kappa shape index (κ3) is 6.93. The largest absolute Gasteiger partial charge is 0.493 e. The highest BCUT2D eigenvalue weighted by molar-refractivity contribution is 14.0. The van der Waals surface area contributed by atoms with Gasteiger partial charge in [-0.3, -0.25) is 4.99 Å². The number of nitrogens with zero attached hydrogens (tertiary/aromatic N) is 2. The van der Waals surface area contributed by atoms with E-state index in [-0.39, 0.29) is 24.0 Å². The van der Waals surface area contributed by atoms with E-state index in [0.717, 1.165) is 37.0 Å². The van der Waals surface area contributed by atoms with Crippen LogP contribution in [0.3, 0.4) is 0 Å². The van der Waals surface area contributed by atoms with Crippen molar-refractivity contribution in [1.82, 2.24) is 10.2 Å². The molecular weight excluding hydrogens is 453 g/mol. The first kappa shape index (κ1) is 23.1. The molecule has 0 spiro atoms. The Hall–Kier alpha value is -1.96. The molecule has 2 rings (SSSR count). The molecule has 0 unspecified atom stereocenters. The van der Waals surface area contributed by atoms with Crippen LogP contribution in [-0.2, 0) is 13.0 Å². The molecule has 5 nitrogen and oxygen atoms in total. The van der Waals surface area contributed by atoms with Gasteiger partial charge in [-0.05, 0) is 36.6 Å². The lowest BCUT2D eigenvalue weighted by Gasteiger charge is -2.22. The van der Waals surface area contributed by atoms with Crippen molar-refractivity contribution in [3.05, 3.63) is 59.2 Å². The summed E-state index contributed by atoms with van der Waals surface area (Å²) in [4.78, 5) is 6.51. The summed E-state index contributed by atoms with van der Waals surface area (Å²) in [5, 5.41) is 3.41. The van der Waals surface area contributed by atoms with Crippen molar-refractivity contribution >= 4 is 29.9 Å². The summed E-state index contributed by atoms with van der Waals surface area (Å²) in [5.41, 5.74) is 3.71. The average Bonchev–Trinajstić information content (AvgIpc) is 2.67. The molecule has 0 radical (unpaired) electrons. The second kappa shape index (κ2) is 11.7. The number of ether oxygens (including phenoxy) is 2. The summed E-state index contributed by atoms with van der Waals surface area (Å²) < 4.78 is 10.7. The molecule has 0 saturated heterocycles. The Bertz CT molecular complexity index is 733. The van der Waals surface area contributed by atoms with Crippen LogP contribution in [0, 0.1) is 6.92 Å². The molecule has 27 heavy (non-hydrogen) atoms. The molecule has 1 N–H and O–H groups in total. The average molecular weight is 483 g/mol. The highest BCUT2D eigenvalue weighted by Crippen LogP contribution is 2.27. The van der Waals surface area contributed by atoms with Gasteiger partial charge in [0, 0.05) is 27.2 Å². The van der Waals surface area contributed by atoms with E-state index in [2.05, 4.69) is 52.5 Å². The standard InChI is InChI=1S/C21H29N3O2.HI/c1-16-6-8-18(9-7-16)15-23-21(22-2)24(3)13-12-17-10-11-19(25-4)20(14-17)26-5;/h6-11,14H,12-13,15H2,1-5H3,(H,22,23);1H. The van der Waals surface area contributed by atoms with Crippen LogP contribution >= 0.6 is 24.0 Å². The quantitative estimate of drug-likeness (QED) is 0.369. The van der Waals surface area contributed by atoms with Crippen molar-refractivity contribution < 1.29 is 9.47 Å². The van der Waals surface area contributed by atoms with Crippen LogP contribution in [0.4, 0.5) is 0 Å². The van der Waals surface area contributed by atoms with Crippen LogP contribution < -0.4 is 14.8 Å². The van der Waals surface area contributed by atoms with Gasteiger partial charge in [0.25, 0.3) is 0 Å². The van der Waals surface area contributed by atoms with Crippen molar-refractivity contribution in [1.29, 1.82) is 0 Å². The summed E-state index contributed by atoms with van der Waals surface area (Å²) >= 11 is 0. The highest BCUT2D eigenvalue weighted by Gasteiger charge is 2.08. The molecule has 0 heterocycles. The molecule has 0 aromatic heterocycles. The molecule has 2 aromatic rings. The monoisotopic (exact) mass is 483 g/mol. The number of hydrogen-bond acceptors (Lipinski definition) is 3. The van der Waals surface area contributed by atoms with Gasteiger partial charge in [-0.2, -0.15) is 0 Å². The second-order valence-corrected chi connectivity index (χ2v) is 6.25. The minimum absolute atomic E-state index is 0. The van der Waals surface area contributed by atoms with E-state index in [1.54, 1.807) is 14.2 Å². The highest BCUT2D eigenvalue weighted by atomic mass is 127. The molecule has 0 aliphatic rings. The number of halogens is 1. The van der Waals surface area contributed by atoms with Crippen molar-refractivity contribution in [2.24, 2.45) is 4.99 Å².